The molecule has 1 aromatic carbocycles. The molecule has 0 aliphatic heterocycles. The molecule has 96 valence electrons. The molecule has 0 saturated carbocycles. The smallest absolute Gasteiger partial charge is 0.137 e. The molecular weight excluding hydrogens is 281 g/mol. The topological polar surface area (TPSA) is 12.0 Å². The Morgan fingerprint density at radius 2 is 2.00 bits per heavy atom. The van der Waals surface area contributed by atoms with Crippen LogP contribution in [0.2, 0.25) is 0 Å². The molecule has 3 heteroatoms. The van der Waals surface area contributed by atoms with E-state index in [-0.39, 0.29) is 11.2 Å². The molecular formula is C14H21BrFN. The zero-order valence-corrected chi connectivity index (χ0v) is 12.6. The summed E-state index contributed by atoms with van der Waals surface area (Å²) in [5.74, 6) is -0.185. The van der Waals surface area contributed by atoms with Crippen molar-refractivity contribution in [3.63, 3.8) is 0 Å². The van der Waals surface area contributed by atoms with Crippen LogP contribution in [-0.4, -0.2) is 12.6 Å². The van der Waals surface area contributed by atoms with Crippen molar-refractivity contribution in [2.45, 2.75) is 40.2 Å². The van der Waals surface area contributed by atoms with Gasteiger partial charge in [0.2, 0.25) is 0 Å². The molecule has 1 nitrogen and oxygen atoms in total. The second-order valence-corrected chi connectivity index (χ2v) is 6.38. The van der Waals surface area contributed by atoms with Crippen molar-refractivity contribution in [2.75, 3.05) is 6.54 Å². The number of halogens is 2. The first-order valence-electron chi connectivity index (χ1n) is 5.98. The fourth-order valence-electron chi connectivity index (χ4n) is 1.74. The predicted octanol–water partition coefficient (Wildman–Crippen LogP) is 4.15. The molecule has 0 radical (unpaired) electrons. The van der Waals surface area contributed by atoms with Crippen LogP contribution in [0.4, 0.5) is 4.39 Å². The highest BCUT2D eigenvalue weighted by molar-refractivity contribution is 9.10. The van der Waals surface area contributed by atoms with E-state index in [2.05, 4.69) is 48.9 Å². The maximum absolute atomic E-state index is 13.4. The summed E-state index contributed by atoms with van der Waals surface area (Å²) >= 11 is 3.32. The van der Waals surface area contributed by atoms with Crippen LogP contribution in [0.3, 0.4) is 0 Å². The summed E-state index contributed by atoms with van der Waals surface area (Å²) in [6, 6.07) is 5.70. The van der Waals surface area contributed by atoms with Gasteiger partial charge in [0, 0.05) is 12.6 Å². The van der Waals surface area contributed by atoms with E-state index in [1.165, 1.54) is 6.07 Å². The third kappa shape index (κ3) is 4.76. The molecule has 0 saturated heterocycles. The van der Waals surface area contributed by atoms with E-state index in [1.807, 2.05) is 6.07 Å². The predicted molar refractivity (Wildman–Crippen MR) is 74.7 cm³/mol. The second kappa shape index (κ2) is 5.96. The third-order valence-electron chi connectivity index (χ3n) is 2.69. The molecule has 1 rings (SSSR count). The van der Waals surface area contributed by atoms with Crippen LogP contribution in [0, 0.1) is 11.2 Å². The van der Waals surface area contributed by atoms with Gasteiger partial charge in [-0.3, -0.25) is 0 Å². The Morgan fingerprint density at radius 3 is 2.59 bits per heavy atom. The van der Waals surface area contributed by atoms with Gasteiger partial charge in [-0.2, -0.15) is 0 Å². The van der Waals surface area contributed by atoms with Crippen molar-refractivity contribution in [3.8, 4) is 0 Å². The van der Waals surface area contributed by atoms with Crippen molar-refractivity contribution in [2.24, 2.45) is 5.41 Å². The zero-order chi connectivity index (χ0) is 13.1. The van der Waals surface area contributed by atoms with E-state index in [0.717, 1.165) is 18.5 Å². The van der Waals surface area contributed by atoms with Gasteiger partial charge < -0.3 is 5.32 Å². The van der Waals surface area contributed by atoms with E-state index >= 15 is 0 Å². The van der Waals surface area contributed by atoms with Crippen LogP contribution < -0.4 is 5.32 Å². The van der Waals surface area contributed by atoms with E-state index in [9.17, 15) is 4.39 Å². The summed E-state index contributed by atoms with van der Waals surface area (Å²) in [4.78, 5) is 0. The van der Waals surface area contributed by atoms with E-state index in [0.29, 0.717) is 10.5 Å². The fourth-order valence-corrected chi connectivity index (χ4v) is 2.15. The van der Waals surface area contributed by atoms with Crippen LogP contribution in [0.1, 0.15) is 33.3 Å². The minimum Gasteiger partial charge on any atom is -0.314 e. The Kier molecular flexibility index (Phi) is 5.14. The Bertz CT molecular complexity index is 374. The minimum atomic E-state index is -0.185. The number of hydrogen-bond donors (Lipinski definition) is 1. The van der Waals surface area contributed by atoms with Gasteiger partial charge in [0.05, 0.1) is 4.47 Å². The Labute approximate surface area is 112 Å². The molecule has 1 N–H and O–H groups in total. The summed E-state index contributed by atoms with van der Waals surface area (Å²) in [6.45, 7) is 9.58. The Hall–Kier alpha value is -0.410. The number of benzene rings is 1. The molecule has 0 aliphatic rings. The molecule has 1 aromatic rings. The number of rotatable bonds is 5. The lowest BCUT2D eigenvalue weighted by molar-refractivity contribution is 0.325. The van der Waals surface area contributed by atoms with Gasteiger partial charge in [0.25, 0.3) is 0 Å². The molecule has 0 heterocycles. The van der Waals surface area contributed by atoms with Crippen molar-refractivity contribution in [3.05, 3.63) is 34.1 Å². The van der Waals surface area contributed by atoms with Crippen molar-refractivity contribution < 1.29 is 4.39 Å². The van der Waals surface area contributed by atoms with Crippen LogP contribution in [0.25, 0.3) is 0 Å². The number of hydrogen-bond acceptors (Lipinski definition) is 1. The summed E-state index contributed by atoms with van der Waals surface area (Å²) in [5.41, 5.74) is 1.14. The molecule has 0 bridgehead atoms. The lowest BCUT2D eigenvalue weighted by Gasteiger charge is -2.27. The van der Waals surface area contributed by atoms with E-state index < -0.39 is 0 Å². The van der Waals surface area contributed by atoms with Crippen molar-refractivity contribution in [1.82, 2.24) is 5.32 Å². The van der Waals surface area contributed by atoms with Crippen LogP contribution in [0.5, 0.6) is 0 Å². The minimum absolute atomic E-state index is 0.112. The third-order valence-corrected chi connectivity index (χ3v) is 3.58. The van der Waals surface area contributed by atoms with Gasteiger partial charge in [-0.1, -0.05) is 39.8 Å². The molecule has 0 fully saturated rings. The summed E-state index contributed by atoms with van der Waals surface area (Å²) in [6.07, 6.45) is 0.852. The van der Waals surface area contributed by atoms with Crippen LogP contribution in [0.15, 0.2) is 22.7 Å². The first kappa shape index (κ1) is 14.7. The zero-order valence-electron chi connectivity index (χ0n) is 11.0. The maximum atomic E-state index is 13.4. The molecule has 0 aromatic heterocycles. The largest absolute Gasteiger partial charge is 0.314 e. The molecule has 17 heavy (non-hydrogen) atoms. The van der Waals surface area contributed by atoms with Gasteiger partial charge in [0.15, 0.2) is 0 Å². The highest BCUT2D eigenvalue weighted by atomic mass is 79.9. The SMILES string of the molecule is CC(C)NCC(C)(C)Cc1cccc(F)c1Br. The molecule has 0 amide bonds. The quantitative estimate of drug-likeness (QED) is 0.861. The first-order valence-corrected chi connectivity index (χ1v) is 6.77. The normalized spacial score (nSPS) is 12.2. The van der Waals surface area contributed by atoms with Crippen molar-refractivity contribution >= 4 is 15.9 Å². The first-order chi connectivity index (χ1) is 7.82. The lowest BCUT2D eigenvalue weighted by atomic mass is 9.85. The summed E-state index contributed by atoms with van der Waals surface area (Å²) in [5, 5.41) is 3.43. The van der Waals surface area contributed by atoms with Crippen LogP contribution >= 0.6 is 15.9 Å². The Morgan fingerprint density at radius 1 is 1.35 bits per heavy atom. The molecule has 0 aliphatic carbocycles. The second-order valence-electron chi connectivity index (χ2n) is 5.59. The van der Waals surface area contributed by atoms with E-state index in [4.69, 9.17) is 0 Å². The summed E-state index contributed by atoms with van der Waals surface area (Å²) < 4.78 is 14.0. The fraction of sp³-hybridized carbons (Fsp3) is 0.571. The van der Waals surface area contributed by atoms with Crippen LogP contribution in [-0.2, 0) is 6.42 Å². The van der Waals surface area contributed by atoms with Gasteiger partial charge in [-0.05, 0) is 39.4 Å². The molecule has 0 atom stereocenters. The van der Waals surface area contributed by atoms with Gasteiger partial charge in [-0.15, -0.1) is 0 Å². The maximum Gasteiger partial charge on any atom is 0.137 e. The average Bonchev–Trinajstić information content (AvgIpc) is 2.22. The molecule has 0 unspecified atom stereocenters. The van der Waals surface area contributed by atoms with E-state index in [1.54, 1.807) is 6.07 Å². The number of nitrogens with one attached hydrogen (secondary N) is 1. The Balaban J connectivity index is 2.72. The van der Waals surface area contributed by atoms with Gasteiger partial charge in [-0.25, -0.2) is 4.39 Å². The monoisotopic (exact) mass is 301 g/mol. The molecule has 0 spiro atoms. The highest BCUT2D eigenvalue weighted by Crippen LogP contribution is 2.28. The average molecular weight is 302 g/mol. The highest BCUT2D eigenvalue weighted by Gasteiger charge is 2.20. The lowest BCUT2D eigenvalue weighted by Crippen LogP contribution is -2.35. The van der Waals surface area contributed by atoms with Gasteiger partial charge >= 0.3 is 0 Å². The summed E-state index contributed by atoms with van der Waals surface area (Å²) in [7, 11) is 0. The standard InChI is InChI=1S/C14H21BrFN/c1-10(2)17-9-14(3,4)8-11-6-5-7-12(16)13(11)15/h5-7,10,17H,8-9H2,1-4H3. The van der Waals surface area contributed by atoms with Gasteiger partial charge in [0.1, 0.15) is 5.82 Å². The van der Waals surface area contributed by atoms with Crippen molar-refractivity contribution in [1.29, 1.82) is 0 Å².